The van der Waals surface area contributed by atoms with Crippen molar-refractivity contribution >= 4 is 17.4 Å². The van der Waals surface area contributed by atoms with Crippen molar-refractivity contribution < 1.29 is 0 Å². The lowest BCUT2D eigenvalue weighted by Crippen LogP contribution is -2.28. The van der Waals surface area contributed by atoms with Crippen LogP contribution in [-0.4, -0.2) is 22.1 Å². The Morgan fingerprint density at radius 1 is 1.00 bits per heavy atom. The maximum Gasteiger partial charge on any atom is 0.0645 e. The van der Waals surface area contributed by atoms with Gasteiger partial charge in [0.15, 0.2) is 0 Å². The minimum atomic E-state index is 0.907. The van der Waals surface area contributed by atoms with Gasteiger partial charge in [-0.1, -0.05) is 30.3 Å². The first-order chi connectivity index (χ1) is 10.9. The van der Waals surface area contributed by atoms with E-state index in [0.29, 0.717) is 0 Å². The molecule has 0 N–H and O–H groups in total. The summed E-state index contributed by atoms with van der Waals surface area (Å²) >= 11 is 1.94. The predicted octanol–water partition coefficient (Wildman–Crippen LogP) is 3.98. The topological polar surface area (TPSA) is 21.1 Å². The van der Waals surface area contributed by atoms with Crippen molar-refractivity contribution in [1.82, 2.24) is 9.78 Å². The first-order valence-electron chi connectivity index (χ1n) is 7.46. The van der Waals surface area contributed by atoms with E-state index in [1.54, 1.807) is 0 Å². The van der Waals surface area contributed by atoms with Gasteiger partial charge in [-0.3, -0.25) is 0 Å². The van der Waals surface area contributed by atoms with E-state index in [0.717, 1.165) is 24.5 Å². The van der Waals surface area contributed by atoms with Gasteiger partial charge in [-0.2, -0.15) is 5.10 Å². The molecule has 1 aliphatic rings. The van der Waals surface area contributed by atoms with Gasteiger partial charge in [-0.15, -0.1) is 11.8 Å². The lowest BCUT2D eigenvalue weighted by atomic mass is 10.2. The fourth-order valence-electron chi connectivity index (χ4n) is 2.78. The van der Waals surface area contributed by atoms with E-state index in [9.17, 15) is 0 Å². The summed E-state index contributed by atoms with van der Waals surface area (Å²) in [6.45, 7) is 1.99. The molecule has 0 bridgehead atoms. The number of hydrogen-bond acceptors (Lipinski definition) is 3. The molecule has 0 spiro atoms. The maximum absolute atomic E-state index is 4.49. The summed E-state index contributed by atoms with van der Waals surface area (Å²) in [5, 5.41) is 4.49. The zero-order chi connectivity index (χ0) is 14.8. The molecule has 4 heteroatoms. The number of aromatic nitrogens is 2. The molecule has 3 nitrogen and oxygen atoms in total. The zero-order valence-electron chi connectivity index (χ0n) is 12.2. The third-order valence-corrected chi connectivity index (χ3v) is 4.90. The highest BCUT2D eigenvalue weighted by Gasteiger charge is 2.17. The van der Waals surface area contributed by atoms with Crippen molar-refractivity contribution in [3.8, 4) is 5.69 Å². The standard InChI is InChI=1S/C18H17N3S/c1-2-6-16(7-3-1)21-14-15(12-19-21)13-20-10-11-22-18-9-5-4-8-17(18)20/h1-9,12,14H,10-11,13H2. The van der Waals surface area contributed by atoms with Gasteiger partial charge in [0.05, 0.1) is 17.6 Å². The molecule has 4 rings (SSSR count). The van der Waals surface area contributed by atoms with Gasteiger partial charge in [-0.05, 0) is 24.3 Å². The van der Waals surface area contributed by atoms with Crippen molar-refractivity contribution in [1.29, 1.82) is 0 Å². The average Bonchev–Trinajstić information content (AvgIpc) is 3.05. The molecule has 0 radical (unpaired) electrons. The number of para-hydroxylation sites is 2. The molecule has 0 unspecified atom stereocenters. The smallest absolute Gasteiger partial charge is 0.0645 e. The molecule has 2 heterocycles. The highest BCUT2D eigenvalue weighted by Crippen LogP contribution is 2.35. The third kappa shape index (κ3) is 2.62. The van der Waals surface area contributed by atoms with E-state index in [2.05, 4.69) is 52.6 Å². The van der Waals surface area contributed by atoms with E-state index >= 15 is 0 Å². The third-order valence-electron chi connectivity index (χ3n) is 3.85. The summed E-state index contributed by atoms with van der Waals surface area (Å²) < 4.78 is 1.94. The molecule has 0 amide bonds. The van der Waals surface area contributed by atoms with Gasteiger partial charge in [-0.25, -0.2) is 4.68 Å². The number of anilines is 1. The van der Waals surface area contributed by atoms with Crippen LogP contribution < -0.4 is 4.90 Å². The lowest BCUT2D eigenvalue weighted by molar-refractivity contribution is 0.816. The Morgan fingerprint density at radius 3 is 2.73 bits per heavy atom. The normalized spacial score (nSPS) is 13.9. The van der Waals surface area contributed by atoms with E-state index in [-0.39, 0.29) is 0 Å². The second-order valence-corrected chi connectivity index (χ2v) is 6.50. The molecule has 0 fully saturated rings. The van der Waals surface area contributed by atoms with Gasteiger partial charge in [0.25, 0.3) is 0 Å². The van der Waals surface area contributed by atoms with Gasteiger partial charge >= 0.3 is 0 Å². The van der Waals surface area contributed by atoms with Crippen molar-refractivity contribution in [3.05, 3.63) is 72.6 Å². The van der Waals surface area contributed by atoms with Crippen LogP contribution in [0.3, 0.4) is 0 Å². The fraction of sp³-hybridized carbons (Fsp3) is 0.167. The quantitative estimate of drug-likeness (QED) is 0.730. The lowest BCUT2D eigenvalue weighted by Gasteiger charge is -2.30. The number of nitrogens with zero attached hydrogens (tertiary/aromatic N) is 3. The average molecular weight is 307 g/mol. The monoisotopic (exact) mass is 307 g/mol. The van der Waals surface area contributed by atoms with E-state index < -0.39 is 0 Å². The number of rotatable bonds is 3. The number of thioether (sulfide) groups is 1. The molecule has 1 aliphatic heterocycles. The van der Waals surface area contributed by atoms with Crippen LogP contribution in [-0.2, 0) is 6.54 Å². The Bertz CT molecular complexity index is 767. The summed E-state index contributed by atoms with van der Waals surface area (Å²) in [7, 11) is 0. The van der Waals surface area contributed by atoms with Crippen LogP contribution in [0.4, 0.5) is 5.69 Å². The summed E-state index contributed by atoms with van der Waals surface area (Å²) in [5.41, 5.74) is 3.68. The van der Waals surface area contributed by atoms with Crippen LogP contribution in [0.5, 0.6) is 0 Å². The van der Waals surface area contributed by atoms with Gasteiger partial charge in [0.2, 0.25) is 0 Å². The molecule has 0 saturated carbocycles. The first-order valence-corrected chi connectivity index (χ1v) is 8.44. The minimum absolute atomic E-state index is 0.907. The Labute approximate surface area is 134 Å². The molecule has 0 atom stereocenters. The number of hydrogen-bond donors (Lipinski definition) is 0. The Kier molecular flexibility index (Phi) is 3.60. The minimum Gasteiger partial charge on any atom is -0.365 e. The van der Waals surface area contributed by atoms with Crippen LogP contribution in [0.2, 0.25) is 0 Å². The summed E-state index contributed by atoms with van der Waals surface area (Å²) in [4.78, 5) is 3.82. The van der Waals surface area contributed by atoms with Crippen LogP contribution in [0.25, 0.3) is 5.69 Å². The van der Waals surface area contributed by atoms with Gasteiger partial charge in [0, 0.05) is 35.5 Å². The zero-order valence-corrected chi connectivity index (χ0v) is 13.0. The summed E-state index contributed by atoms with van der Waals surface area (Å²) in [5.74, 6) is 1.14. The highest BCUT2D eigenvalue weighted by atomic mass is 32.2. The SMILES string of the molecule is c1ccc(-n2cc(CN3CCSc4ccccc43)cn2)cc1. The van der Waals surface area contributed by atoms with E-state index in [1.165, 1.54) is 16.1 Å². The van der Waals surface area contributed by atoms with E-state index in [1.807, 2.05) is 40.8 Å². The largest absolute Gasteiger partial charge is 0.365 e. The molecule has 2 aromatic carbocycles. The van der Waals surface area contributed by atoms with Crippen LogP contribution >= 0.6 is 11.8 Å². The Balaban J connectivity index is 1.57. The first kappa shape index (κ1) is 13.5. The molecular weight excluding hydrogens is 290 g/mol. The summed E-state index contributed by atoms with van der Waals surface area (Å²) in [6, 6.07) is 18.9. The number of fused-ring (bicyclic) bond motifs is 1. The van der Waals surface area contributed by atoms with Crippen molar-refractivity contribution in [3.63, 3.8) is 0 Å². The van der Waals surface area contributed by atoms with E-state index in [4.69, 9.17) is 0 Å². The van der Waals surface area contributed by atoms with Crippen molar-refractivity contribution in [2.24, 2.45) is 0 Å². The Hall–Kier alpha value is -2.20. The van der Waals surface area contributed by atoms with Crippen molar-refractivity contribution in [2.75, 3.05) is 17.2 Å². The molecule has 0 saturated heterocycles. The molecule has 0 aliphatic carbocycles. The molecule has 110 valence electrons. The van der Waals surface area contributed by atoms with Crippen LogP contribution in [0, 0.1) is 0 Å². The summed E-state index contributed by atoms with van der Waals surface area (Å²) in [6.07, 6.45) is 4.09. The molecule has 1 aromatic heterocycles. The van der Waals surface area contributed by atoms with Crippen molar-refractivity contribution in [2.45, 2.75) is 11.4 Å². The highest BCUT2D eigenvalue weighted by molar-refractivity contribution is 7.99. The molecular formula is C18H17N3S. The Morgan fingerprint density at radius 2 is 1.82 bits per heavy atom. The fourth-order valence-corrected chi connectivity index (χ4v) is 3.83. The predicted molar refractivity (Wildman–Crippen MR) is 91.8 cm³/mol. The second kappa shape index (κ2) is 5.89. The van der Waals surface area contributed by atoms with Gasteiger partial charge < -0.3 is 4.90 Å². The van der Waals surface area contributed by atoms with Crippen LogP contribution in [0.15, 0.2) is 71.9 Å². The van der Waals surface area contributed by atoms with Crippen LogP contribution in [0.1, 0.15) is 5.56 Å². The maximum atomic E-state index is 4.49. The second-order valence-electron chi connectivity index (χ2n) is 5.37. The molecule has 22 heavy (non-hydrogen) atoms. The number of benzene rings is 2. The molecule has 3 aromatic rings. The van der Waals surface area contributed by atoms with Gasteiger partial charge in [0.1, 0.15) is 0 Å².